The van der Waals surface area contributed by atoms with Crippen molar-refractivity contribution in [3.63, 3.8) is 0 Å². The number of nitrogens with zero attached hydrogens (tertiary/aromatic N) is 2. The Kier molecular flexibility index (Phi) is 4.42. The highest BCUT2D eigenvalue weighted by atomic mass is 19.1. The molecule has 6 heteroatoms. The van der Waals surface area contributed by atoms with Crippen LogP contribution in [0.25, 0.3) is 0 Å². The first-order valence-electron chi connectivity index (χ1n) is 5.16. The number of halogens is 1. The molecule has 0 unspecified atom stereocenters. The summed E-state index contributed by atoms with van der Waals surface area (Å²) in [6.07, 6.45) is 1.09. The van der Waals surface area contributed by atoms with Gasteiger partial charge in [0.05, 0.1) is 18.8 Å². The molecule has 0 saturated carbocycles. The zero-order chi connectivity index (χ0) is 12.1. The Bertz CT molecular complexity index is 346. The van der Waals surface area contributed by atoms with E-state index in [1.54, 1.807) is 7.05 Å². The van der Waals surface area contributed by atoms with Gasteiger partial charge in [-0.25, -0.2) is 9.37 Å². The molecule has 0 aliphatic rings. The van der Waals surface area contributed by atoms with E-state index < -0.39 is 5.82 Å². The summed E-state index contributed by atoms with van der Waals surface area (Å²) in [7, 11) is 1.66. The summed E-state index contributed by atoms with van der Waals surface area (Å²) in [5, 5.41) is 14.7. The summed E-state index contributed by atoms with van der Waals surface area (Å²) in [6.45, 7) is 3.80. The fraction of sp³-hybridized carbons (Fsp3) is 0.600. The van der Waals surface area contributed by atoms with Crippen LogP contribution in [0.15, 0.2) is 6.20 Å². The topological polar surface area (TPSA) is 70.1 Å². The highest BCUT2D eigenvalue weighted by molar-refractivity contribution is 5.41. The lowest BCUT2D eigenvalue weighted by atomic mass is 10.1. The SMILES string of the molecule is CNc1ncc(F)c(N[C@H](CO)C(C)C)n1. The van der Waals surface area contributed by atoms with Gasteiger partial charge in [-0.1, -0.05) is 13.8 Å². The number of hydrogen-bond donors (Lipinski definition) is 3. The number of aromatic nitrogens is 2. The fourth-order valence-corrected chi connectivity index (χ4v) is 1.19. The largest absolute Gasteiger partial charge is 0.394 e. The van der Waals surface area contributed by atoms with Crippen LogP contribution in [0.4, 0.5) is 16.2 Å². The molecule has 0 aromatic carbocycles. The van der Waals surface area contributed by atoms with Crippen molar-refractivity contribution in [2.75, 3.05) is 24.3 Å². The van der Waals surface area contributed by atoms with Crippen LogP contribution in [-0.4, -0.2) is 34.8 Å². The van der Waals surface area contributed by atoms with E-state index in [0.717, 1.165) is 6.20 Å². The Balaban J connectivity index is 2.86. The van der Waals surface area contributed by atoms with Crippen LogP contribution in [0.2, 0.25) is 0 Å². The Morgan fingerprint density at radius 1 is 1.50 bits per heavy atom. The van der Waals surface area contributed by atoms with Gasteiger partial charge in [0.1, 0.15) is 0 Å². The van der Waals surface area contributed by atoms with Gasteiger partial charge in [0.25, 0.3) is 0 Å². The summed E-state index contributed by atoms with van der Waals surface area (Å²) < 4.78 is 13.4. The van der Waals surface area contributed by atoms with Gasteiger partial charge in [-0.3, -0.25) is 0 Å². The molecule has 0 amide bonds. The number of aliphatic hydroxyl groups excluding tert-OH is 1. The third kappa shape index (κ3) is 3.03. The monoisotopic (exact) mass is 228 g/mol. The second-order valence-corrected chi connectivity index (χ2v) is 3.82. The van der Waals surface area contributed by atoms with Crippen LogP contribution in [0, 0.1) is 11.7 Å². The first-order valence-corrected chi connectivity index (χ1v) is 5.16. The van der Waals surface area contributed by atoms with Crippen molar-refractivity contribution in [3.05, 3.63) is 12.0 Å². The molecule has 5 nitrogen and oxygen atoms in total. The molecule has 1 aromatic heterocycles. The molecule has 0 saturated heterocycles. The first-order chi connectivity index (χ1) is 7.58. The van der Waals surface area contributed by atoms with Crippen LogP contribution in [-0.2, 0) is 0 Å². The van der Waals surface area contributed by atoms with Gasteiger partial charge < -0.3 is 15.7 Å². The highest BCUT2D eigenvalue weighted by Crippen LogP contribution is 2.15. The number of nitrogens with one attached hydrogen (secondary N) is 2. The van der Waals surface area contributed by atoms with Crippen LogP contribution >= 0.6 is 0 Å². The van der Waals surface area contributed by atoms with Gasteiger partial charge in [0.15, 0.2) is 11.6 Å². The minimum Gasteiger partial charge on any atom is -0.394 e. The van der Waals surface area contributed by atoms with Crippen molar-refractivity contribution in [1.82, 2.24) is 9.97 Å². The molecule has 0 spiro atoms. The number of rotatable bonds is 5. The van der Waals surface area contributed by atoms with Gasteiger partial charge in [0, 0.05) is 7.05 Å². The Morgan fingerprint density at radius 3 is 2.69 bits per heavy atom. The summed E-state index contributed by atoms with van der Waals surface area (Å²) in [5.41, 5.74) is 0. The third-order valence-electron chi connectivity index (χ3n) is 2.29. The molecule has 0 aliphatic carbocycles. The molecule has 16 heavy (non-hydrogen) atoms. The lowest BCUT2D eigenvalue weighted by molar-refractivity contribution is 0.248. The summed E-state index contributed by atoms with van der Waals surface area (Å²) in [4.78, 5) is 7.68. The molecule has 3 N–H and O–H groups in total. The highest BCUT2D eigenvalue weighted by Gasteiger charge is 2.15. The molecule has 1 atom stereocenters. The average molecular weight is 228 g/mol. The predicted octanol–water partition coefficient (Wildman–Crippen LogP) is 1.09. The summed E-state index contributed by atoms with van der Waals surface area (Å²) >= 11 is 0. The standard InChI is InChI=1S/C10H17FN4O/c1-6(2)8(5-16)14-9-7(11)4-13-10(12-3)15-9/h4,6,8,16H,5H2,1-3H3,(H2,12,13,14,15)/t8-/m1/s1. The molecule has 1 heterocycles. The minimum atomic E-state index is -0.530. The van der Waals surface area contributed by atoms with E-state index in [1.807, 2.05) is 13.8 Å². The lowest BCUT2D eigenvalue weighted by Gasteiger charge is -2.20. The van der Waals surface area contributed by atoms with Crippen LogP contribution in [0.5, 0.6) is 0 Å². The van der Waals surface area contributed by atoms with Crippen molar-refractivity contribution in [2.45, 2.75) is 19.9 Å². The van der Waals surface area contributed by atoms with Crippen molar-refractivity contribution in [3.8, 4) is 0 Å². The molecule has 0 fully saturated rings. The van der Waals surface area contributed by atoms with E-state index in [-0.39, 0.29) is 24.4 Å². The normalized spacial score (nSPS) is 12.6. The summed E-state index contributed by atoms with van der Waals surface area (Å²) in [6, 6.07) is -0.228. The van der Waals surface area contributed by atoms with Crippen molar-refractivity contribution >= 4 is 11.8 Å². The zero-order valence-electron chi connectivity index (χ0n) is 9.66. The number of hydrogen-bond acceptors (Lipinski definition) is 5. The lowest BCUT2D eigenvalue weighted by Crippen LogP contribution is -2.30. The molecule has 1 aromatic rings. The van der Waals surface area contributed by atoms with E-state index in [0.29, 0.717) is 5.95 Å². The number of anilines is 2. The maximum atomic E-state index is 13.4. The van der Waals surface area contributed by atoms with Crippen molar-refractivity contribution in [1.29, 1.82) is 0 Å². The first kappa shape index (κ1) is 12.6. The van der Waals surface area contributed by atoms with E-state index in [2.05, 4.69) is 20.6 Å². The van der Waals surface area contributed by atoms with Gasteiger partial charge in [-0.05, 0) is 5.92 Å². The minimum absolute atomic E-state index is 0.0734. The molecule has 1 rings (SSSR count). The van der Waals surface area contributed by atoms with Gasteiger partial charge >= 0.3 is 0 Å². The quantitative estimate of drug-likeness (QED) is 0.703. The maximum absolute atomic E-state index is 13.4. The fourth-order valence-electron chi connectivity index (χ4n) is 1.19. The summed E-state index contributed by atoms with van der Waals surface area (Å²) in [5.74, 6) is 0.0898. The molecule has 0 bridgehead atoms. The molecule has 0 radical (unpaired) electrons. The molecule has 0 aliphatic heterocycles. The predicted molar refractivity (Wildman–Crippen MR) is 60.9 cm³/mol. The zero-order valence-corrected chi connectivity index (χ0v) is 9.66. The molecular weight excluding hydrogens is 211 g/mol. The van der Waals surface area contributed by atoms with E-state index in [1.165, 1.54) is 0 Å². The van der Waals surface area contributed by atoms with E-state index >= 15 is 0 Å². The van der Waals surface area contributed by atoms with Crippen LogP contribution in [0.3, 0.4) is 0 Å². The van der Waals surface area contributed by atoms with Crippen LogP contribution < -0.4 is 10.6 Å². The smallest absolute Gasteiger partial charge is 0.224 e. The average Bonchev–Trinajstić information content (AvgIpc) is 2.27. The Morgan fingerprint density at radius 2 is 2.19 bits per heavy atom. The second kappa shape index (κ2) is 5.60. The maximum Gasteiger partial charge on any atom is 0.224 e. The Hall–Kier alpha value is -1.43. The van der Waals surface area contributed by atoms with E-state index in [9.17, 15) is 4.39 Å². The molecular formula is C10H17FN4O. The number of aliphatic hydroxyl groups is 1. The Labute approximate surface area is 94.1 Å². The van der Waals surface area contributed by atoms with Gasteiger partial charge in [-0.15, -0.1) is 0 Å². The van der Waals surface area contributed by atoms with E-state index in [4.69, 9.17) is 5.11 Å². The van der Waals surface area contributed by atoms with Crippen LogP contribution in [0.1, 0.15) is 13.8 Å². The van der Waals surface area contributed by atoms with Gasteiger partial charge in [0.2, 0.25) is 5.95 Å². The third-order valence-corrected chi connectivity index (χ3v) is 2.29. The second-order valence-electron chi connectivity index (χ2n) is 3.82. The van der Waals surface area contributed by atoms with Crippen molar-refractivity contribution < 1.29 is 9.50 Å². The molecule has 90 valence electrons. The van der Waals surface area contributed by atoms with Crippen molar-refractivity contribution in [2.24, 2.45) is 5.92 Å². The van der Waals surface area contributed by atoms with Gasteiger partial charge in [-0.2, -0.15) is 4.98 Å².